The van der Waals surface area contributed by atoms with Crippen LogP contribution < -0.4 is 10.2 Å². The van der Waals surface area contributed by atoms with Crippen molar-refractivity contribution in [2.45, 2.75) is 79.8 Å². The SMILES string of the molecule is O=S1CCCc2nc(N3C4CC(c5ccc(Cl)cc5)CC3C4)nc(NC3(CO)CCC3)c21. The summed E-state index contributed by atoms with van der Waals surface area (Å²) in [4.78, 5) is 13.0. The van der Waals surface area contributed by atoms with Gasteiger partial charge in [-0.1, -0.05) is 23.7 Å². The maximum Gasteiger partial charge on any atom is 0.228 e. The third kappa shape index (κ3) is 3.44. The summed E-state index contributed by atoms with van der Waals surface area (Å²) >= 11 is 6.08. The highest BCUT2D eigenvalue weighted by atomic mass is 35.5. The number of aliphatic hydroxyl groups excluding tert-OH is 1. The van der Waals surface area contributed by atoms with Crippen LogP contribution in [-0.4, -0.2) is 49.3 Å². The first-order valence-electron chi connectivity index (χ1n) is 11.8. The Labute approximate surface area is 196 Å². The van der Waals surface area contributed by atoms with Crippen LogP contribution in [0.3, 0.4) is 0 Å². The number of aromatic nitrogens is 2. The number of fused-ring (bicyclic) bond motifs is 3. The van der Waals surface area contributed by atoms with E-state index in [2.05, 4.69) is 22.3 Å². The van der Waals surface area contributed by atoms with Crippen LogP contribution in [0.1, 0.15) is 62.1 Å². The molecule has 7 rings (SSSR count). The molecule has 32 heavy (non-hydrogen) atoms. The summed E-state index contributed by atoms with van der Waals surface area (Å²) < 4.78 is 12.9. The molecule has 8 heteroatoms. The van der Waals surface area contributed by atoms with Crippen molar-refractivity contribution in [1.82, 2.24) is 9.97 Å². The van der Waals surface area contributed by atoms with Crippen LogP contribution in [0.4, 0.5) is 11.8 Å². The van der Waals surface area contributed by atoms with Gasteiger partial charge in [-0.05, 0) is 75.0 Å². The third-order valence-corrected chi connectivity index (χ3v) is 9.70. The Balaban J connectivity index is 1.29. The number of nitrogens with one attached hydrogen (secondary N) is 1. The molecule has 3 atom stereocenters. The number of benzene rings is 1. The van der Waals surface area contributed by atoms with E-state index >= 15 is 0 Å². The average Bonchev–Trinajstić information content (AvgIpc) is 2.76. The first-order chi connectivity index (χ1) is 15.5. The maximum absolute atomic E-state index is 12.9. The Morgan fingerprint density at radius 2 is 1.88 bits per heavy atom. The van der Waals surface area contributed by atoms with Gasteiger partial charge in [-0.15, -0.1) is 0 Å². The number of anilines is 2. The van der Waals surface area contributed by atoms with Gasteiger partial charge in [0.15, 0.2) is 0 Å². The van der Waals surface area contributed by atoms with Crippen LogP contribution >= 0.6 is 11.6 Å². The van der Waals surface area contributed by atoms with Crippen molar-refractivity contribution in [3.63, 3.8) is 0 Å². The van der Waals surface area contributed by atoms with Crippen LogP contribution in [0.15, 0.2) is 29.2 Å². The van der Waals surface area contributed by atoms with E-state index in [9.17, 15) is 9.32 Å². The van der Waals surface area contributed by atoms with Crippen LogP contribution in [0.5, 0.6) is 0 Å². The van der Waals surface area contributed by atoms with Gasteiger partial charge in [0.05, 0.1) is 28.6 Å². The van der Waals surface area contributed by atoms with Gasteiger partial charge < -0.3 is 15.3 Å². The topological polar surface area (TPSA) is 78.4 Å². The van der Waals surface area contributed by atoms with E-state index in [4.69, 9.17) is 21.6 Å². The lowest BCUT2D eigenvalue weighted by molar-refractivity contribution is 0.143. The minimum Gasteiger partial charge on any atom is -0.394 e. The van der Waals surface area contributed by atoms with Gasteiger partial charge in [0.1, 0.15) is 10.7 Å². The number of rotatable bonds is 5. The molecule has 0 amide bonds. The summed E-state index contributed by atoms with van der Waals surface area (Å²) in [6, 6.07) is 9.15. The Bertz CT molecular complexity index is 1040. The van der Waals surface area contributed by atoms with Gasteiger partial charge in [-0.2, -0.15) is 4.98 Å². The zero-order valence-electron chi connectivity index (χ0n) is 18.1. The maximum atomic E-state index is 12.9. The lowest BCUT2D eigenvalue weighted by atomic mass is 9.71. The molecule has 2 saturated heterocycles. The number of hydrogen-bond donors (Lipinski definition) is 2. The highest BCUT2D eigenvalue weighted by molar-refractivity contribution is 7.85. The molecule has 5 aliphatic rings. The smallest absolute Gasteiger partial charge is 0.228 e. The first kappa shape index (κ1) is 20.9. The standard InChI is InChI=1S/C24H29ClN4O2S/c25-17-6-4-15(5-7-17)16-11-18-13-19(12-16)29(18)23-26-20-3-1-10-32(31)21(20)22(27-23)28-24(14-30)8-2-9-24/h4-7,16,18-19,30H,1-3,8-14H2,(H,26,27,28). The van der Waals surface area contributed by atoms with Crippen molar-refractivity contribution in [2.75, 3.05) is 22.6 Å². The molecule has 2 aliphatic carbocycles. The van der Waals surface area contributed by atoms with E-state index in [1.807, 2.05) is 12.1 Å². The van der Waals surface area contributed by atoms with Crippen LogP contribution in [0, 0.1) is 0 Å². The molecule has 3 unspecified atom stereocenters. The summed E-state index contributed by atoms with van der Waals surface area (Å²) in [6.07, 6.45) is 8.03. The van der Waals surface area contributed by atoms with Crippen molar-refractivity contribution in [3.05, 3.63) is 40.5 Å². The minimum atomic E-state index is -1.08. The number of aryl methyl sites for hydroxylation is 1. The second-order valence-electron chi connectivity index (χ2n) is 9.89. The second-order valence-corrected chi connectivity index (χ2v) is 11.8. The number of aliphatic hydroxyl groups is 1. The van der Waals surface area contributed by atoms with Crippen molar-refractivity contribution in [1.29, 1.82) is 0 Å². The largest absolute Gasteiger partial charge is 0.394 e. The van der Waals surface area contributed by atoms with Crippen molar-refractivity contribution < 1.29 is 9.32 Å². The van der Waals surface area contributed by atoms with Crippen molar-refractivity contribution in [3.8, 4) is 0 Å². The highest BCUT2D eigenvalue weighted by Gasteiger charge is 2.47. The Kier molecular flexibility index (Phi) is 5.19. The summed E-state index contributed by atoms with van der Waals surface area (Å²) in [6.45, 7) is 0.0749. The molecular formula is C24H29ClN4O2S. The fourth-order valence-corrected chi connectivity index (χ4v) is 7.41. The van der Waals surface area contributed by atoms with Crippen molar-refractivity contribution >= 4 is 34.2 Å². The molecule has 2 aromatic rings. The Morgan fingerprint density at radius 1 is 1.12 bits per heavy atom. The van der Waals surface area contributed by atoms with Crippen LogP contribution in [0.2, 0.25) is 5.02 Å². The summed E-state index contributed by atoms with van der Waals surface area (Å²) in [5, 5.41) is 14.3. The lowest BCUT2D eigenvalue weighted by Gasteiger charge is -2.55. The molecular weight excluding hydrogens is 444 g/mol. The number of hydrogen-bond acceptors (Lipinski definition) is 6. The molecule has 6 nitrogen and oxygen atoms in total. The minimum absolute atomic E-state index is 0.0749. The highest BCUT2D eigenvalue weighted by Crippen LogP contribution is 2.48. The van der Waals surface area contributed by atoms with Crippen LogP contribution in [0.25, 0.3) is 0 Å². The molecule has 2 saturated carbocycles. The monoisotopic (exact) mass is 472 g/mol. The molecule has 4 heterocycles. The predicted octanol–water partition coefficient (Wildman–Crippen LogP) is 4.04. The Hall–Kier alpha value is -1.70. The third-order valence-electron chi connectivity index (χ3n) is 7.91. The molecule has 1 aromatic heterocycles. The van der Waals surface area contributed by atoms with Gasteiger partial charge in [0.2, 0.25) is 5.95 Å². The van der Waals surface area contributed by atoms with E-state index in [1.165, 1.54) is 12.0 Å². The van der Waals surface area contributed by atoms with E-state index in [0.717, 1.165) is 66.5 Å². The van der Waals surface area contributed by atoms with E-state index < -0.39 is 10.8 Å². The molecule has 1 aromatic carbocycles. The molecule has 170 valence electrons. The zero-order chi connectivity index (χ0) is 21.9. The van der Waals surface area contributed by atoms with Crippen molar-refractivity contribution in [2.24, 2.45) is 0 Å². The molecule has 0 radical (unpaired) electrons. The quantitative estimate of drug-likeness (QED) is 0.683. The molecule has 3 aliphatic heterocycles. The van der Waals surface area contributed by atoms with Gasteiger partial charge in [-0.3, -0.25) is 4.21 Å². The second kappa shape index (κ2) is 7.96. The number of nitrogens with zero attached hydrogens (tertiary/aromatic N) is 3. The van der Waals surface area contributed by atoms with Gasteiger partial charge >= 0.3 is 0 Å². The molecule has 2 bridgehead atoms. The fraction of sp³-hybridized carbons (Fsp3) is 0.583. The van der Waals surface area contributed by atoms with E-state index in [-0.39, 0.29) is 12.1 Å². The normalized spacial score (nSPS) is 30.1. The van der Waals surface area contributed by atoms with E-state index in [1.54, 1.807) is 0 Å². The van der Waals surface area contributed by atoms with Crippen LogP contribution in [-0.2, 0) is 17.2 Å². The zero-order valence-corrected chi connectivity index (χ0v) is 19.7. The first-order valence-corrected chi connectivity index (χ1v) is 13.5. The average molecular weight is 473 g/mol. The lowest BCUT2D eigenvalue weighted by Crippen LogP contribution is -2.61. The summed E-state index contributed by atoms with van der Waals surface area (Å²) in [5.74, 6) is 2.67. The predicted molar refractivity (Wildman–Crippen MR) is 127 cm³/mol. The molecule has 2 N–H and O–H groups in total. The summed E-state index contributed by atoms with van der Waals surface area (Å²) in [5.41, 5.74) is 1.96. The Morgan fingerprint density at radius 3 is 2.53 bits per heavy atom. The fourth-order valence-electron chi connectivity index (χ4n) is 5.95. The molecule has 0 spiro atoms. The van der Waals surface area contributed by atoms with Gasteiger partial charge in [0, 0.05) is 22.9 Å². The molecule has 4 fully saturated rings. The van der Waals surface area contributed by atoms with E-state index in [0.29, 0.717) is 29.6 Å². The van der Waals surface area contributed by atoms with Gasteiger partial charge in [0.25, 0.3) is 0 Å². The number of halogens is 1. The summed E-state index contributed by atoms with van der Waals surface area (Å²) in [7, 11) is -1.08. The van der Waals surface area contributed by atoms with Gasteiger partial charge in [-0.25, -0.2) is 4.98 Å². The number of piperidine rings is 1.